The molecule has 2 aliphatic heterocycles. The first kappa shape index (κ1) is 16.3. The Morgan fingerprint density at radius 3 is 3.00 bits per heavy atom. The molecule has 1 amide bonds. The molecular weight excluding hydrogens is 314 g/mol. The second-order valence-corrected chi connectivity index (χ2v) is 5.74. The number of benzene rings is 1. The Morgan fingerprint density at radius 1 is 1.42 bits per heavy atom. The van der Waals surface area contributed by atoms with Gasteiger partial charge < -0.3 is 19.8 Å². The van der Waals surface area contributed by atoms with Crippen LogP contribution in [0, 0.1) is 0 Å². The first-order valence-electron chi connectivity index (χ1n) is 7.83. The molecule has 1 atom stereocenters. The Balaban J connectivity index is 1.74. The summed E-state index contributed by atoms with van der Waals surface area (Å²) >= 11 is 0. The summed E-state index contributed by atoms with van der Waals surface area (Å²) in [5, 5.41) is 20.4. The second-order valence-electron chi connectivity index (χ2n) is 5.74. The summed E-state index contributed by atoms with van der Waals surface area (Å²) in [5.74, 6) is -0.276. The van der Waals surface area contributed by atoms with Crippen molar-refractivity contribution in [2.45, 2.75) is 31.8 Å². The van der Waals surface area contributed by atoms with Crippen LogP contribution < -0.4 is 10.1 Å². The molecule has 8 nitrogen and oxygen atoms in total. The minimum Gasteiger partial charge on any atom is -0.494 e. The van der Waals surface area contributed by atoms with Gasteiger partial charge in [0.15, 0.2) is 0 Å². The third-order valence-electron chi connectivity index (χ3n) is 3.99. The number of aliphatic hydroxyl groups is 1. The number of carboxylic acid groups (broad SMARTS) is 1. The summed E-state index contributed by atoms with van der Waals surface area (Å²) < 4.78 is 5.64. The summed E-state index contributed by atoms with van der Waals surface area (Å²) in [7, 11) is 0. The van der Waals surface area contributed by atoms with Crippen LogP contribution >= 0.6 is 0 Å². The maximum atomic E-state index is 12.0. The zero-order valence-electron chi connectivity index (χ0n) is 13.1. The average molecular weight is 333 g/mol. The first-order chi connectivity index (χ1) is 11.6. The van der Waals surface area contributed by atoms with Gasteiger partial charge in [0, 0.05) is 18.7 Å². The van der Waals surface area contributed by atoms with E-state index in [9.17, 15) is 9.59 Å². The van der Waals surface area contributed by atoms with Crippen LogP contribution in [0.1, 0.15) is 24.8 Å². The van der Waals surface area contributed by atoms with Gasteiger partial charge in [-0.25, -0.2) is 4.99 Å². The molecule has 0 aliphatic carbocycles. The molecule has 3 rings (SSSR count). The highest BCUT2D eigenvalue weighted by Crippen LogP contribution is 2.32. The number of aliphatic hydroxyl groups excluding tert-OH is 1. The molecule has 0 saturated carbocycles. The summed E-state index contributed by atoms with van der Waals surface area (Å²) in [6.45, 7) is 1.06. The number of carboxylic acids is 1. The Hall–Kier alpha value is -2.61. The normalized spacial score (nSPS) is 18.5. The van der Waals surface area contributed by atoms with Gasteiger partial charge in [-0.15, -0.1) is 0 Å². The van der Waals surface area contributed by atoms with E-state index in [-0.39, 0.29) is 18.9 Å². The third kappa shape index (κ3) is 3.33. The lowest BCUT2D eigenvalue weighted by Crippen LogP contribution is -2.38. The number of aliphatic imine (C=N–C) groups is 1. The van der Waals surface area contributed by atoms with Gasteiger partial charge in [-0.3, -0.25) is 14.9 Å². The largest absolute Gasteiger partial charge is 0.494 e. The Bertz CT molecular complexity index is 688. The predicted molar refractivity (Wildman–Crippen MR) is 85.1 cm³/mol. The standard InChI is InChI=1S/C16H19N3O5/c20-5-1-2-6-24-11-3-4-12-10(7-11)9-19-13(8-14(21)22)15(23)18-16(19)17-12/h3-4,7,13,20H,1-2,5-6,8-9H2,(H,21,22)(H,17,18,23). The molecule has 8 heteroatoms. The van der Waals surface area contributed by atoms with E-state index < -0.39 is 12.0 Å². The van der Waals surface area contributed by atoms with E-state index in [1.165, 1.54) is 0 Å². The Kier molecular flexibility index (Phi) is 4.66. The Labute approximate surface area is 138 Å². The number of nitrogens with one attached hydrogen (secondary N) is 1. The lowest BCUT2D eigenvalue weighted by molar-refractivity contribution is -0.140. The molecule has 0 bridgehead atoms. The fraction of sp³-hybridized carbons (Fsp3) is 0.438. The number of amides is 1. The molecule has 1 fully saturated rings. The van der Waals surface area contributed by atoms with Crippen LogP contribution in [0.3, 0.4) is 0 Å². The van der Waals surface area contributed by atoms with Crippen LogP contribution in [-0.4, -0.2) is 52.2 Å². The summed E-state index contributed by atoms with van der Waals surface area (Å²) in [4.78, 5) is 29.0. The number of hydrogen-bond donors (Lipinski definition) is 3. The van der Waals surface area contributed by atoms with Crippen molar-refractivity contribution < 1.29 is 24.5 Å². The number of fused-ring (bicyclic) bond motifs is 2. The van der Waals surface area contributed by atoms with Crippen molar-refractivity contribution in [3.05, 3.63) is 23.8 Å². The number of guanidine groups is 1. The van der Waals surface area contributed by atoms with Gasteiger partial charge >= 0.3 is 5.97 Å². The molecular formula is C16H19N3O5. The van der Waals surface area contributed by atoms with Gasteiger partial charge in [0.25, 0.3) is 0 Å². The summed E-state index contributed by atoms with van der Waals surface area (Å²) in [6, 6.07) is 4.74. The molecule has 1 aromatic carbocycles. The zero-order chi connectivity index (χ0) is 17.1. The van der Waals surface area contributed by atoms with Crippen LogP contribution in [0.2, 0.25) is 0 Å². The van der Waals surface area contributed by atoms with E-state index >= 15 is 0 Å². The summed E-state index contributed by atoms with van der Waals surface area (Å²) in [5.41, 5.74) is 1.62. The lowest BCUT2D eigenvalue weighted by atomic mass is 10.1. The maximum Gasteiger partial charge on any atom is 0.305 e. The van der Waals surface area contributed by atoms with E-state index in [4.69, 9.17) is 14.9 Å². The van der Waals surface area contributed by atoms with Crippen molar-refractivity contribution in [1.82, 2.24) is 10.2 Å². The summed E-state index contributed by atoms with van der Waals surface area (Å²) in [6.07, 6.45) is 1.19. The first-order valence-corrected chi connectivity index (χ1v) is 7.83. The van der Waals surface area contributed by atoms with Gasteiger partial charge in [-0.1, -0.05) is 0 Å². The number of ether oxygens (including phenoxy) is 1. The van der Waals surface area contributed by atoms with Crippen molar-refractivity contribution in [1.29, 1.82) is 0 Å². The molecule has 24 heavy (non-hydrogen) atoms. The fourth-order valence-electron chi connectivity index (χ4n) is 2.79. The molecule has 1 aromatic rings. The average Bonchev–Trinajstić information content (AvgIpc) is 2.84. The highest BCUT2D eigenvalue weighted by molar-refractivity contribution is 6.08. The van der Waals surface area contributed by atoms with Crippen LogP contribution in [0.4, 0.5) is 5.69 Å². The van der Waals surface area contributed by atoms with Crippen LogP contribution in [-0.2, 0) is 16.1 Å². The SMILES string of the molecule is O=C(O)CC1C(=O)NC2=Nc3ccc(OCCCCO)cc3CN21. The van der Waals surface area contributed by atoms with E-state index in [0.29, 0.717) is 31.3 Å². The van der Waals surface area contributed by atoms with Crippen LogP contribution in [0.15, 0.2) is 23.2 Å². The van der Waals surface area contributed by atoms with Gasteiger partial charge in [0.1, 0.15) is 11.8 Å². The van der Waals surface area contributed by atoms with Gasteiger partial charge in [-0.05, 0) is 31.0 Å². The van der Waals surface area contributed by atoms with Crippen molar-refractivity contribution >= 4 is 23.5 Å². The minimum atomic E-state index is -1.02. The highest BCUT2D eigenvalue weighted by atomic mass is 16.5. The smallest absolute Gasteiger partial charge is 0.305 e. The fourth-order valence-corrected chi connectivity index (χ4v) is 2.79. The molecule has 2 heterocycles. The Morgan fingerprint density at radius 2 is 2.25 bits per heavy atom. The number of carbonyl (C=O) groups is 2. The zero-order valence-corrected chi connectivity index (χ0v) is 13.1. The molecule has 0 radical (unpaired) electrons. The number of nitrogens with zero attached hydrogens (tertiary/aromatic N) is 2. The van der Waals surface area contributed by atoms with Gasteiger partial charge in [-0.2, -0.15) is 0 Å². The maximum absolute atomic E-state index is 12.0. The number of unbranched alkanes of at least 4 members (excludes halogenated alkanes) is 1. The van der Waals surface area contributed by atoms with E-state index in [1.54, 1.807) is 4.90 Å². The van der Waals surface area contributed by atoms with E-state index in [0.717, 1.165) is 17.7 Å². The molecule has 1 saturated heterocycles. The number of carbonyl (C=O) groups excluding carboxylic acids is 1. The van der Waals surface area contributed by atoms with Gasteiger partial charge in [0.05, 0.1) is 18.7 Å². The van der Waals surface area contributed by atoms with Crippen LogP contribution in [0.25, 0.3) is 0 Å². The number of rotatable bonds is 7. The molecule has 0 spiro atoms. The van der Waals surface area contributed by atoms with Crippen LogP contribution in [0.5, 0.6) is 5.75 Å². The van der Waals surface area contributed by atoms with Crippen molar-refractivity contribution in [2.24, 2.45) is 4.99 Å². The number of hydrogen-bond acceptors (Lipinski definition) is 6. The monoisotopic (exact) mass is 333 g/mol. The third-order valence-corrected chi connectivity index (χ3v) is 3.99. The molecule has 1 unspecified atom stereocenters. The van der Waals surface area contributed by atoms with E-state index in [2.05, 4.69) is 10.3 Å². The van der Waals surface area contributed by atoms with Crippen molar-refractivity contribution in [3.8, 4) is 5.75 Å². The quantitative estimate of drug-likeness (QED) is 0.631. The van der Waals surface area contributed by atoms with Gasteiger partial charge in [0.2, 0.25) is 11.9 Å². The second kappa shape index (κ2) is 6.88. The van der Waals surface area contributed by atoms with Crippen molar-refractivity contribution in [3.63, 3.8) is 0 Å². The predicted octanol–water partition coefficient (Wildman–Crippen LogP) is 0.614. The highest BCUT2D eigenvalue weighted by Gasteiger charge is 2.40. The van der Waals surface area contributed by atoms with Crippen molar-refractivity contribution in [2.75, 3.05) is 13.2 Å². The minimum absolute atomic E-state index is 0.145. The molecule has 128 valence electrons. The molecule has 3 N–H and O–H groups in total. The topological polar surface area (TPSA) is 111 Å². The molecule has 2 aliphatic rings. The lowest BCUT2D eigenvalue weighted by Gasteiger charge is -2.27. The number of aliphatic carboxylic acids is 1. The van der Waals surface area contributed by atoms with E-state index in [1.807, 2.05) is 18.2 Å². The molecule has 0 aromatic heterocycles.